The molecule has 0 unspecified atom stereocenters. The topological polar surface area (TPSA) is 119 Å². The van der Waals surface area contributed by atoms with E-state index in [0.29, 0.717) is 22.9 Å². The Labute approximate surface area is 73.6 Å². The molecule has 0 fully saturated rings. The van der Waals surface area contributed by atoms with Gasteiger partial charge in [0.25, 0.3) is 0 Å². The maximum atomic E-state index is 5.63. The van der Waals surface area contributed by atoms with Crippen LogP contribution in [0.2, 0.25) is 0 Å². The van der Waals surface area contributed by atoms with Gasteiger partial charge in [-0.05, 0) is 0 Å². The quantitative estimate of drug-likeness (QED) is 0.451. The standard InChI is InChI=1S/C6H9N7/c7-1-9-6-12-4(8)3-5(13-6)11-2-10-3/h2H,1,7H2,(H4,8,9,10,11,12,13). The van der Waals surface area contributed by atoms with Gasteiger partial charge in [0, 0.05) is 0 Å². The molecule has 2 aromatic rings. The number of anilines is 2. The molecule has 2 rings (SSSR count). The van der Waals surface area contributed by atoms with E-state index in [1.807, 2.05) is 0 Å². The first-order valence-corrected chi connectivity index (χ1v) is 3.72. The summed E-state index contributed by atoms with van der Waals surface area (Å²) >= 11 is 0. The Hall–Kier alpha value is -1.89. The third-order valence-corrected chi connectivity index (χ3v) is 1.57. The van der Waals surface area contributed by atoms with Crippen LogP contribution in [0.25, 0.3) is 11.2 Å². The van der Waals surface area contributed by atoms with Crippen LogP contribution in [-0.2, 0) is 0 Å². The number of rotatable bonds is 2. The highest BCUT2D eigenvalue weighted by Gasteiger charge is 2.05. The van der Waals surface area contributed by atoms with E-state index in [-0.39, 0.29) is 6.67 Å². The van der Waals surface area contributed by atoms with Gasteiger partial charge in [0.05, 0.1) is 13.0 Å². The van der Waals surface area contributed by atoms with E-state index in [4.69, 9.17) is 11.5 Å². The zero-order valence-corrected chi connectivity index (χ0v) is 6.78. The molecule has 0 spiro atoms. The van der Waals surface area contributed by atoms with Crippen LogP contribution in [0.15, 0.2) is 6.33 Å². The van der Waals surface area contributed by atoms with E-state index in [1.54, 1.807) is 0 Å². The number of aromatic nitrogens is 4. The molecule has 0 aromatic carbocycles. The molecule has 2 heterocycles. The summed E-state index contributed by atoms with van der Waals surface area (Å²) in [7, 11) is 0. The number of hydrogen-bond acceptors (Lipinski definition) is 6. The summed E-state index contributed by atoms with van der Waals surface area (Å²) in [6.45, 7) is 0.259. The third kappa shape index (κ3) is 1.25. The Bertz CT molecular complexity index is 420. The molecule has 0 aliphatic carbocycles. The maximum Gasteiger partial charge on any atom is 0.227 e. The molecule has 7 heteroatoms. The summed E-state index contributed by atoms with van der Waals surface area (Å²) in [5.74, 6) is 0.748. The van der Waals surface area contributed by atoms with E-state index < -0.39 is 0 Å². The molecule has 0 atom stereocenters. The molecular weight excluding hydrogens is 170 g/mol. The maximum absolute atomic E-state index is 5.63. The molecule has 2 aromatic heterocycles. The lowest BCUT2D eigenvalue weighted by Gasteiger charge is -2.01. The number of hydrogen-bond donors (Lipinski definition) is 4. The van der Waals surface area contributed by atoms with Crippen molar-refractivity contribution in [2.45, 2.75) is 0 Å². The van der Waals surface area contributed by atoms with Gasteiger partial charge in [-0.2, -0.15) is 9.97 Å². The molecule has 13 heavy (non-hydrogen) atoms. The minimum absolute atomic E-state index is 0.259. The smallest absolute Gasteiger partial charge is 0.227 e. The minimum atomic E-state index is 0.259. The van der Waals surface area contributed by atoms with Crippen LogP contribution >= 0.6 is 0 Å². The van der Waals surface area contributed by atoms with Crippen molar-refractivity contribution in [2.24, 2.45) is 5.73 Å². The molecule has 0 saturated carbocycles. The van der Waals surface area contributed by atoms with Crippen LogP contribution in [0.3, 0.4) is 0 Å². The highest BCUT2D eigenvalue weighted by Crippen LogP contribution is 2.14. The third-order valence-electron chi connectivity index (χ3n) is 1.57. The summed E-state index contributed by atoms with van der Waals surface area (Å²) in [5.41, 5.74) is 12.1. The second kappa shape index (κ2) is 2.87. The SMILES string of the molecule is NCNc1nc(N)c2[nH]cnc2n1. The van der Waals surface area contributed by atoms with Crippen LogP contribution in [0.1, 0.15) is 0 Å². The Morgan fingerprint density at radius 2 is 2.31 bits per heavy atom. The lowest BCUT2D eigenvalue weighted by atomic mass is 10.5. The van der Waals surface area contributed by atoms with Crippen molar-refractivity contribution >= 4 is 22.9 Å². The van der Waals surface area contributed by atoms with Gasteiger partial charge in [-0.25, -0.2) is 4.98 Å². The number of nitrogens with two attached hydrogens (primary N) is 2. The zero-order valence-electron chi connectivity index (χ0n) is 6.78. The first-order valence-electron chi connectivity index (χ1n) is 3.72. The molecule has 0 bridgehead atoms. The van der Waals surface area contributed by atoms with Gasteiger partial charge in [-0.3, -0.25) is 0 Å². The van der Waals surface area contributed by atoms with E-state index in [0.717, 1.165) is 0 Å². The van der Waals surface area contributed by atoms with Crippen molar-refractivity contribution in [3.8, 4) is 0 Å². The number of aromatic amines is 1. The number of nitrogens with zero attached hydrogens (tertiary/aromatic N) is 3. The van der Waals surface area contributed by atoms with Crippen molar-refractivity contribution in [3.05, 3.63) is 6.33 Å². The lowest BCUT2D eigenvalue weighted by Crippen LogP contribution is -2.13. The Kier molecular flexibility index (Phi) is 1.71. The van der Waals surface area contributed by atoms with Crippen LogP contribution in [0.4, 0.5) is 11.8 Å². The molecule has 0 amide bonds. The van der Waals surface area contributed by atoms with Crippen LogP contribution < -0.4 is 16.8 Å². The zero-order chi connectivity index (χ0) is 9.26. The van der Waals surface area contributed by atoms with Crippen molar-refractivity contribution < 1.29 is 0 Å². The monoisotopic (exact) mass is 179 g/mol. The number of imidazole rings is 1. The molecule has 0 radical (unpaired) electrons. The van der Waals surface area contributed by atoms with Crippen LogP contribution in [-0.4, -0.2) is 26.6 Å². The van der Waals surface area contributed by atoms with Gasteiger partial charge >= 0.3 is 0 Å². The average molecular weight is 179 g/mol. The molecule has 0 aliphatic heterocycles. The summed E-state index contributed by atoms with van der Waals surface area (Å²) in [6, 6.07) is 0. The first kappa shape index (κ1) is 7.74. The first-order chi connectivity index (χ1) is 6.31. The Morgan fingerprint density at radius 3 is 3.08 bits per heavy atom. The van der Waals surface area contributed by atoms with E-state index >= 15 is 0 Å². The molecule has 68 valence electrons. The second-order valence-corrected chi connectivity index (χ2v) is 2.41. The fourth-order valence-corrected chi connectivity index (χ4v) is 1.03. The van der Waals surface area contributed by atoms with Gasteiger partial charge in [0.1, 0.15) is 5.52 Å². The average Bonchev–Trinajstić information content (AvgIpc) is 2.53. The highest BCUT2D eigenvalue weighted by molar-refractivity contribution is 5.82. The summed E-state index contributed by atoms with van der Waals surface area (Å²) in [4.78, 5) is 14.8. The van der Waals surface area contributed by atoms with Crippen molar-refractivity contribution in [2.75, 3.05) is 17.7 Å². The molecule has 6 N–H and O–H groups in total. The van der Waals surface area contributed by atoms with Gasteiger partial charge in [0.2, 0.25) is 5.95 Å². The van der Waals surface area contributed by atoms with Crippen LogP contribution in [0, 0.1) is 0 Å². The Morgan fingerprint density at radius 1 is 1.46 bits per heavy atom. The van der Waals surface area contributed by atoms with Crippen molar-refractivity contribution in [1.82, 2.24) is 19.9 Å². The Balaban J connectivity index is 2.56. The van der Waals surface area contributed by atoms with Gasteiger partial charge < -0.3 is 21.8 Å². The van der Waals surface area contributed by atoms with Gasteiger partial charge in [-0.1, -0.05) is 0 Å². The van der Waals surface area contributed by atoms with E-state index in [9.17, 15) is 0 Å². The van der Waals surface area contributed by atoms with Crippen molar-refractivity contribution in [1.29, 1.82) is 0 Å². The van der Waals surface area contributed by atoms with E-state index in [2.05, 4.69) is 25.3 Å². The summed E-state index contributed by atoms with van der Waals surface area (Å²) in [5, 5.41) is 2.75. The largest absolute Gasteiger partial charge is 0.382 e. The molecular formula is C6H9N7. The number of nitrogens with one attached hydrogen (secondary N) is 2. The second-order valence-electron chi connectivity index (χ2n) is 2.41. The minimum Gasteiger partial charge on any atom is -0.382 e. The fraction of sp³-hybridized carbons (Fsp3) is 0.167. The van der Waals surface area contributed by atoms with Gasteiger partial charge in [0.15, 0.2) is 11.5 Å². The highest BCUT2D eigenvalue weighted by atomic mass is 15.2. The molecule has 0 aliphatic rings. The normalized spacial score (nSPS) is 10.5. The number of H-pyrrole nitrogens is 1. The van der Waals surface area contributed by atoms with Crippen LogP contribution in [0.5, 0.6) is 0 Å². The molecule has 7 nitrogen and oxygen atoms in total. The number of nitrogen functional groups attached to an aromatic ring is 1. The van der Waals surface area contributed by atoms with E-state index in [1.165, 1.54) is 6.33 Å². The summed E-state index contributed by atoms with van der Waals surface area (Å²) < 4.78 is 0. The predicted molar refractivity (Wildman–Crippen MR) is 48.8 cm³/mol. The molecule has 0 saturated heterocycles. The van der Waals surface area contributed by atoms with Crippen molar-refractivity contribution in [3.63, 3.8) is 0 Å². The summed E-state index contributed by atoms with van der Waals surface area (Å²) in [6.07, 6.45) is 1.52. The number of fused-ring (bicyclic) bond motifs is 1. The fourth-order valence-electron chi connectivity index (χ4n) is 1.03. The lowest BCUT2D eigenvalue weighted by molar-refractivity contribution is 1.07. The van der Waals surface area contributed by atoms with Gasteiger partial charge in [-0.15, -0.1) is 0 Å². The predicted octanol–water partition coefficient (Wildman–Crippen LogP) is -0.737.